The zero-order valence-corrected chi connectivity index (χ0v) is 11.4. The maximum atomic E-state index is 14.0. The third-order valence-electron chi connectivity index (χ3n) is 3.14. The number of rotatable bonds is 4. The normalized spacial score (nSPS) is 12.2. The van der Waals surface area contributed by atoms with Gasteiger partial charge in [-0.1, -0.05) is 23.8 Å². The van der Waals surface area contributed by atoms with E-state index in [1.807, 2.05) is 51.2 Å². The van der Waals surface area contributed by atoms with Crippen molar-refractivity contribution in [3.05, 3.63) is 59.4 Å². The topological polar surface area (TPSA) is 21.3 Å². The van der Waals surface area contributed by atoms with Crippen molar-refractivity contribution in [1.29, 1.82) is 0 Å². The van der Waals surface area contributed by atoms with Gasteiger partial charge in [0.1, 0.15) is 5.75 Å². The Kier molecular flexibility index (Phi) is 4.17. The summed E-state index contributed by atoms with van der Waals surface area (Å²) in [5.41, 5.74) is 2.04. The molecule has 0 fully saturated rings. The molecule has 2 aromatic carbocycles. The van der Waals surface area contributed by atoms with Gasteiger partial charge in [0, 0.05) is 6.04 Å². The van der Waals surface area contributed by atoms with Gasteiger partial charge in [-0.25, -0.2) is 4.39 Å². The van der Waals surface area contributed by atoms with Crippen molar-refractivity contribution in [2.24, 2.45) is 0 Å². The minimum Gasteiger partial charge on any atom is -0.454 e. The van der Waals surface area contributed by atoms with E-state index < -0.39 is 0 Å². The highest BCUT2D eigenvalue weighted by atomic mass is 19.1. The van der Waals surface area contributed by atoms with E-state index in [9.17, 15) is 4.39 Å². The quantitative estimate of drug-likeness (QED) is 0.888. The number of ether oxygens (including phenoxy) is 1. The number of nitrogens with one attached hydrogen (secondary N) is 1. The van der Waals surface area contributed by atoms with E-state index >= 15 is 0 Å². The van der Waals surface area contributed by atoms with Crippen molar-refractivity contribution in [2.45, 2.75) is 19.9 Å². The fourth-order valence-electron chi connectivity index (χ4n) is 1.77. The third-order valence-corrected chi connectivity index (χ3v) is 3.14. The Morgan fingerprint density at radius 3 is 2.37 bits per heavy atom. The summed E-state index contributed by atoms with van der Waals surface area (Å²) in [5.74, 6) is 0.537. The van der Waals surface area contributed by atoms with E-state index in [0.29, 0.717) is 5.75 Å². The molecule has 100 valence electrons. The first-order valence-corrected chi connectivity index (χ1v) is 6.31. The molecule has 0 aromatic heterocycles. The Bertz CT molecular complexity index is 551. The Labute approximate surface area is 113 Å². The van der Waals surface area contributed by atoms with Crippen LogP contribution < -0.4 is 10.1 Å². The van der Waals surface area contributed by atoms with Gasteiger partial charge in [-0.2, -0.15) is 0 Å². The zero-order valence-electron chi connectivity index (χ0n) is 11.4. The van der Waals surface area contributed by atoms with Crippen LogP contribution in [0, 0.1) is 12.7 Å². The molecule has 2 rings (SSSR count). The van der Waals surface area contributed by atoms with Crippen molar-refractivity contribution >= 4 is 0 Å². The maximum Gasteiger partial charge on any atom is 0.166 e. The van der Waals surface area contributed by atoms with Gasteiger partial charge in [0.25, 0.3) is 0 Å². The number of hydrogen-bond acceptors (Lipinski definition) is 2. The molecule has 0 aliphatic carbocycles. The molecular formula is C16H18FNO. The second-order valence-electron chi connectivity index (χ2n) is 4.62. The van der Waals surface area contributed by atoms with Crippen molar-refractivity contribution in [3.8, 4) is 11.5 Å². The minimum atomic E-state index is -0.347. The molecule has 1 unspecified atom stereocenters. The second kappa shape index (κ2) is 5.85. The number of halogens is 1. The third kappa shape index (κ3) is 3.32. The second-order valence-corrected chi connectivity index (χ2v) is 4.62. The molecule has 0 radical (unpaired) electrons. The predicted octanol–water partition coefficient (Wildman–Crippen LogP) is 4.21. The standard InChI is InChI=1S/C16H18FNO/c1-11-4-7-14(8-5-11)19-16-9-6-13(10-15(16)17)12(2)18-3/h4-10,12,18H,1-3H3. The van der Waals surface area contributed by atoms with Crippen LogP contribution in [0.2, 0.25) is 0 Å². The van der Waals surface area contributed by atoms with E-state index in [1.165, 1.54) is 6.07 Å². The lowest BCUT2D eigenvalue weighted by Crippen LogP contribution is -2.12. The SMILES string of the molecule is CNC(C)c1ccc(Oc2ccc(C)cc2)c(F)c1. The average molecular weight is 259 g/mol. The number of benzene rings is 2. The van der Waals surface area contributed by atoms with E-state index in [-0.39, 0.29) is 17.6 Å². The molecule has 0 spiro atoms. The number of hydrogen-bond donors (Lipinski definition) is 1. The summed E-state index contributed by atoms with van der Waals surface area (Å²) in [6, 6.07) is 12.7. The maximum absolute atomic E-state index is 14.0. The molecule has 0 aliphatic heterocycles. The predicted molar refractivity (Wildman–Crippen MR) is 75.1 cm³/mol. The van der Waals surface area contributed by atoms with Crippen LogP contribution in [0.15, 0.2) is 42.5 Å². The molecule has 0 amide bonds. The van der Waals surface area contributed by atoms with Gasteiger partial charge in [0.05, 0.1) is 0 Å². The van der Waals surface area contributed by atoms with Gasteiger partial charge < -0.3 is 10.1 Å². The monoisotopic (exact) mass is 259 g/mol. The smallest absolute Gasteiger partial charge is 0.166 e. The van der Waals surface area contributed by atoms with Crippen molar-refractivity contribution in [1.82, 2.24) is 5.32 Å². The molecule has 2 nitrogen and oxygen atoms in total. The highest BCUT2D eigenvalue weighted by Gasteiger charge is 2.09. The van der Waals surface area contributed by atoms with Crippen molar-refractivity contribution < 1.29 is 9.13 Å². The van der Waals surface area contributed by atoms with Gasteiger partial charge in [0.2, 0.25) is 0 Å². The highest BCUT2D eigenvalue weighted by molar-refractivity contribution is 5.36. The lowest BCUT2D eigenvalue weighted by Gasteiger charge is -2.12. The van der Waals surface area contributed by atoms with Crippen LogP contribution in [0.5, 0.6) is 11.5 Å². The Morgan fingerprint density at radius 2 is 1.79 bits per heavy atom. The first-order valence-electron chi connectivity index (χ1n) is 6.31. The summed E-state index contributed by atoms with van der Waals surface area (Å²) in [6.07, 6.45) is 0. The van der Waals surface area contributed by atoms with E-state index in [1.54, 1.807) is 6.07 Å². The van der Waals surface area contributed by atoms with E-state index in [0.717, 1.165) is 11.1 Å². The van der Waals surface area contributed by atoms with Crippen LogP contribution >= 0.6 is 0 Å². The first kappa shape index (κ1) is 13.6. The molecule has 1 atom stereocenters. The Balaban J connectivity index is 2.19. The lowest BCUT2D eigenvalue weighted by atomic mass is 10.1. The Morgan fingerprint density at radius 1 is 1.11 bits per heavy atom. The molecule has 19 heavy (non-hydrogen) atoms. The summed E-state index contributed by atoms with van der Waals surface area (Å²) in [5, 5.41) is 3.08. The molecule has 3 heteroatoms. The molecular weight excluding hydrogens is 241 g/mol. The van der Waals surface area contributed by atoms with E-state index in [4.69, 9.17) is 4.74 Å². The van der Waals surface area contributed by atoms with Gasteiger partial charge in [-0.05, 0) is 50.7 Å². The zero-order chi connectivity index (χ0) is 13.8. The van der Waals surface area contributed by atoms with Gasteiger partial charge >= 0.3 is 0 Å². The van der Waals surface area contributed by atoms with E-state index in [2.05, 4.69) is 5.32 Å². The van der Waals surface area contributed by atoms with Crippen LogP contribution in [0.1, 0.15) is 24.1 Å². The summed E-state index contributed by atoms with van der Waals surface area (Å²) in [7, 11) is 1.85. The lowest BCUT2D eigenvalue weighted by molar-refractivity contribution is 0.440. The summed E-state index contributed by atoms with van der Waals surface area (Å²) in [4.78, 5) is 0. The number of aryl methyl sites for hydroxylation is 1. The van der Waals surface area contributed by atoms with Gasteiger partial charge in [0.15, 0.2) is 11.6 Å². The summed E-state index contributed by atoms with van der Waals surface area (Å²) < 4.78 is 19.5. The largest absolute Gasteiger partial charge is 0.454 e. The fraction of sp³-hybridized carbons (Fsp3) is 0.250. The molecule has 0 heterocycles. The molecule has 1 N–H and O–H groups in total. The summed E-state index contributed by atoms with van der Waals surface area (Å²) in [6.45, 7) is 3.98. The van der Waals surface area contributed by atoms with Gasteiger partial charge in [-0.3, -0.25) is 0 Å². The molecule has 0 saturated heterocycles. The summed E-state index contributed by atoms with van der Waals surface area (Å²) >= 11 is 0. The molecule has 0 bridgehead atoms. The van der Waals surface area contributed by atoms with Crippen LogP contribution in [0.4, 0.5) is 4.39 Å². The van der Waals surface area contributed by atoms with Crippen LogP contribution in [-0.2, 0) is 0 Å². The van der Waals surface area contributed by atoms with Crippen LogP contribution in [0.3, 0.4) is 0 Å². The minimum absolute atomic E-state index is 0.114. The molecule has 0 saturated carbocycles. The average Bonchev–Trinajstić information content (AvgIpc) is 2.42. The highest BCUT2D eigenvalue weighted by Crippen LogP contribution is 2.27. The van der Waals surface area contributed by atoms with Crippen LogP contribution in [0.25, 0.3) is 0 Å². The van der Waals surface area contributed by atoms with Crippen molar-refractivity contribution in [2.75, 3.05) is 7.05 Å². The fourth-order valence-corrected chi connectivity index (χ4v) is 1.77. The van der Waals surface area contributed by atoms with Crippen LogP contribution in [-0.4, -0.2) is 7.05 Å². The Hall–Kier alpha value is -1.87. The van der Waals surface area contributed by atoms with Gasteiger partial charge in [-0.15, -0.1) is 0 Å². The molecule has 2 aromatic rings. The van der Waals surface area contributed by atoms with Crippen molar-refractivity contribution in [3.63, 3.8) is 0 Å². The first-order chi connectivity index (χ1) is 9.10. The molecule has 0 aliphatic rings.